The molecule has 0 radical (unpaired) electrons. The van der Waals surface area contributed by atoms with Gasteiger partial charge in [-0.3, -0.25) is 14.2 Å². The molecule has 0 atom stereocenters. The minimum Gasteiger partial charge on any atom is -0.497 e. The van der Waals surface area contributed by atoms with Crippen molar-refractivity contribution in [2.45, 2.75) is 13.5 Å². The van der Waals surface area contributed by atoms with Gasteiger partial charge in [0.15, 0.2) is 0 Å². The molecule has 0 aliphatic heterocycles. The van der Waals surface area contributed by atoms with Crippen LogP contribution in [0.2, 0.25) is 0 Å². The third-order valence-corrected chi connectivity index (χ3v) is 5.72. The topological polar surface area (TPSA) is 82.3 Å². The van der Waals surface area contributed by atoms with Crippen LogP contribution < -0.4 is 21.3 Å². The number of nitrogens with one attached hydrogen (secondary N) is 1. The van der Waals surface area contributed by atoms with Gasteiger partial charge in [0.25, 0.3) is 5.56 Å². The zero-order valence-corrected chi connectivity index (χ0v) is 17.5. The molecular weight excluding hydrogens is 421 g/mol. The molecule has 0 fully saturated rings. The summed E-state index contributed by atoms with van der Waals surface area (Å²) in [5.74, 6) is -0.218. The number of carbonyl (C=O) groups is 1. The Morgan fingerprint density at radius 1 is 1.13 bits per heavy atom. The summed E-state index contributed by atoms with van der Waals surface area (Å²) < 4.78 is 21.3. The van der Waals surface area contributed by atoms with E-state index >= 15 is 0 Å². The van der Waals surface area contributed by atoms with Crippen LogP contribution in [0.3, 0.4) is 0 Å². The minimum absolute atomic E-state index is 0.244. The molecule has 2 aromatic carbocycles. The maximum absolute atomic E-state index is 13.7. The summed E-state index contributed by atoms with van der Waals surface area (Å²) in [6.45, 7) is 1.26. The van der Waals surface area contributed by atoms with Crippen LogP contribution in [0.25, 0.3) is 15.9 Å². The molecule has 9 heteroatoms. The Bertz CT molecular complexity index is 1400. The summed E-state index contributed by atoms with van der Waals surface area (Å²) >= 11 is 1.18. The normalized spacial score (nSPS) is 10.9. The number of aryl methyl sites for hydroxylation is 1. The predicted octanol–water partition coefficient (Wildman–Crippen LogP) is 3.31. The van der Waals surface area contributed by atoms with Crippen molar-refractivity contribution in [2.24, 2.45) is 0 Å². The number of nitrogens with zero attached hydrogens (tertiary/aromatic N) is 2. The van der Waals surface area contributed by atoms with Gasteiger partial charge in [-0.05, 0) is 66.4 Å². The van der Waals surface area contributed by atoms with E-state index in [1.165, 1.54) is 34.1 Å². The van der Waals surface area contributed by atoms with Crippen LogP contribution in [0.5, 0.6) is 5.75 Å². The fourth-order valence-electron chi connectivity index (χ4n) is 3.25. The Labute approximate surface area is 180 Å². The third kappa shape index (κ3) is 3.87. The summed E-state index contributed by atoms with van der Waals surface area (Å²) in [5.41, 5.74) is 0.287. The highest BCUT2D eigenvalue weighted by Gasteiger charge is 2.18. The van der Waals surface area contributed by atoms with Crippen LogP contribution in [0.15, 0.2) is 63.5 Å². The zero-order valence-electron chi connectivity index (χ0n) is 16.7. The number of hydrogen-bond donors (Lipinski definition) is 1. The molecule has 0 saturated heterocycles. The maximum atomic E-state index is 13.7. The number of benzene rings is 2. The number of thiophene rings is 1. The molecule has 0 bridgehead atoms. The number of rotatable bonds is 5. The van der Waals surface area contributed by atoms with Crippen LogP contribution >= 0.6 is 11.3 Å². The molecular formula is C22H18FN3O4S. The molecule has 1 N–H and O–H groups in total. The number of halogens is 1. The lowest BCUT2D eigenvalue weighted by atomic mass is 10.2. The molecule has 0 spiro atoms. The van der Waals surface area contributed by atoms with Crippen molar-refractivity contribution in [1.29, 1.82) is 0 Å². The van der Waals surface area contributed by atoms with E-state index in [1.54, 1.807) is 49.7 Å². The summed E-state index contributed by atoms with van der Waals surface area (Å²) in [6, 6.07) is 12.4. The van der Waals surface area contributed by atoms with Gasteiger partial charge in [0.1, 0.15) is 22.8 Å². The first-order valence-electron chi connectivity index (χ1n) is 9.32. The lowest BCUT2D eigenvalue weighted by Crippen LogP contribution is -2.40. The second-order valence-corrected chi connectivity index (χ2v) is 7.77. The largest absolute Gasteiger partial charge is 0.497 e. The molecule has 4 aromatic rings. The number of amides is 1. The van der Waals surface area contributed by atoms with Gasteiger partial charge in [-0.15, -0.1) is 11.3 Å². The number of hydrogen-bond acceptors (Lipinski definition) is 5. The fourth-order valence-corrected chi connectivity index (χ4v) is 4.08. The van der Waals surface area contributed by atoms with E-state index in [4.69, 9.17) is 4.74 Å². The molecule has 0 aliphatic rings. The maximum Gasteiger partial charge on any atom is 0.336 e. The lowest BCUT2D eigenvalue weighted by Gasteiger charge is -2.13. The Kier molecular flexibility index (Phi) is 5.43. The summed E-state index contributed by atoms with van der Waals surface area (Å²) in [4.78, 5) is 38.8. The van der Waals surface area contributed by atoms with Gasteiger partial charge in [0.05, 0.1) is 18.3 Å². The number of ether oxygens (including phenoxy) is 1. The first-order valence-corrected chi connectivity index (χ1v) is 10.2. The first kappa shape index (κ1) is 20.5. The molecule has 2 heterocycles. The molecule has 0 unspecified atom stereocenters. The monoisotopic (exact) mass is 439 g/mol. The van der Waals surface area contributed by atoms with E-state index in [0.29, 0.717) is 27.2 Å². The second-order valence-electron chi connectivity index (χ2n) is 6.85. The Balaban J connectivity index is 1.76. The quantitative estimate of drug-likeness (QED) is 0.517. The van der Waals surface area contributed by atoms with Crippen LogP contribution in [0.1, 0.15) is 5.56 Å². The van der Waals surface area contributed by atoms with Crippen LogP contribution in [0, 0.1) is 12.7 Å². The molecule has 4 rings (SSSR count). The molecule has 31 heavy (non-hydrogen) atoms. The van der Waals surface area contributed by atoms with Crippen molar-refractivity contribution in [3.05, 3.63) is 86.1 Å². The smallest absolute Gasteiger partial charge is 0.336 e. The van der Waals surface area contributed by atoms with E-state index in [2.05, 4.69) is 5.32 Å². The summed E-state index contributed by atoms with van der Waals surface area (Å²) in [6.07, 6.45) is 0. The van der Waals surface area contributed by atoms with Crippen molar-refractivity contribution < 1.29 is 13.9 Å². The number of aromatic nitrogens is 2. The number of methoxy groups -OCH3 is 1. The SMILES string of the molecule is COc1ccc(NC(=O)Cn2c(=O)n(-c3ccc(F)c(C)c3)c(=O)c3sccc32)cc1. The number of anilines is 1. The van der Waals surface area contributed by atoms with Crippen LogP contribution in [-0.4, -0.2) is 22.2 Å². The predicted molar refractivity (Wildman–Crippen MR) is 118 cm³/mol. The van der Waals surface area contributed by atoms with E-state index < -0.39 is 23.0 Å². The Morgan fingerprint density at radius 3 is 2.55 bits per heavy atom. The molecule has 2 aromatic heterocycles. The van der Waals surface area contributed by atoms with Gasteiger partial charge in [0, 0.05) is 5.69 Å². The average molecular weight is 439 g/mol. The van der Waals surface area contributed by atoms with Crippen LogP contribution in [0.4, 0.5) is 10.1 Å². The summed E-state index contributed by atoms with van der Waals surface area (Å²) in [5, 5.41) is 4.41. The molecule has 0 saturated carbocycles. The van der Waals surface area contributed by atoms with Gasteiger partial charge in [-0.2, -0.15) is 0 Å². The standard InChI is InChI=1S/C22H18FN3O4S/c1-13-11-15(5-8-17(13)23)26-21(28)20-18(9-10-31-20)25(22(26)29)12-19(27)24-14-3-6-16(30-2)7-4-14/h3-11H,12H2,1-2H3,(H,24,27). The van der Waals surface area contributed by atoms with Gasteiger partial charge < -0.3 is 10.1 Å². The number of fused-ring (bicyclic) bond motifs is 1. The third-order valence-electron chi connectivity index (χ3n) is 4.83. The Morgan fingerprint density at radius 2 is 1.87 bits per heavy atom. The van der Waals surface area contributed by atoms with Crippen molar-refractivity contribution in [1.82, 2.24) is 9.13 Å². The van der Waals surface area contributed by atoms with E-state index in [9.17, 15) is 18.8 Å². The van der Waals surface area contributed by atoms with Gasteiger partial charge in [-0.25, -0.2) is 13.8 Å². The average Bonchev–Trinajstić information content (AvgIpc) is 3.24. The highest BCUT2D eigenvalue weighted by atomic mass is 32.1. The van der Waals surface area contributed by atoms with Gasteiger partial charge in [0.2, 0.25) is 5.91 Å². The van der Waals surface area contributed by atoms with Gasteiger partial charge >= 0.3 is 5.69 Å². The molecule has 158 valence electrons. The summed E-state index contributed by atoms with van der Waals surface area (Å²) in [7, 11) is 1.55. The van der Waals surface area contributed by atoms with Crippen molar-refractivity contribution >= 4 is 33.1 Å². The lowest BCUT2D eigenvalue weighted by molar-refractivity contribution is -0.116. The molecule has 1 amide bonds. The van der Waals surface area contributed by atoms with Crippen molar-refractivity contribution in [2.75, 3.05) is 12.4 Å². The Hall–Kier alpha value is -3.72. The first-order chi connectivity index (χ1) is 14.9. The molecule has 0 aliphatic carbocycles. The van der Waals surface area contributed by atoms with E-state index in [0.717, 1.165) is 4.57 Å². The number of carbonyl (C=O) groups excluding carboxylic acids is 1. The highest BCUT2D eigenvalue weighted by molar-refractivity contribution is 7.17. The van der Waals surface area contributed by atoms with Crippen LogP contribution in [-0.2, 0) is 11.3 Å². The zero-order chi connectivity index (χ0) is 22.1. The van der Waals surface area contributed by atoms with Gasteiger partial charge in [-0.1, -0.05) is 0 Å². The second kappa shape index (κ2) is 8.19. The highest BCUT2D eigenvalue weighted by Crippen LogP contribution is 2.18. The minimum atomic E-state index is -0.674. The van der Waals surface area contributed by atoms with Crippen molar-refractivity contribution in [3.8, 4) is 11.4 Å². The van der Waals surface area contributed by atoms with E-state index in [1.807, 2.05) is 0 Å². The van der Waals surface area contributed by atoms with E-state index in [-0.39, 0.29) is 12.2 Å². The van der Waals surface area contributed by atoms with Crippen molar-refractivity contribution in [3.63, 3.8) is 0 Å². The fraction of sp³-hybridized carbons (Fsp3) is 0.136. The molecule has 7 nitrogen and oxygen atoms in total.